The van der Waals surface area contributed by atoms with Gasteiger partial charge in [-0.1, -0.05) is 114 Å². The number of nitrogens with two attached hydrogens (primary N) is 1. The predicted molar refractivity (Wildman–Crippen MR) is 286 cm³/mol. The lowest BCUT2D eigenvalue weighted by Crippen LogP contribution is -2.49. The number of carbonyl (C=O) groups excluding carboxylic acids is 4. The van der Waals surface area contributed by atoms with Crippen LogP contribution in [0.15, 0.2) is 97.1 Å². The topological polar surface area (TPSA) is 218 Å². The summed E-state index contributed by atoms with van der Waals surface area (Å²) in [7, 11) is 0. The summed E-state index contributed by atoms with van der Waals surface area (Å²) in [5, 5.41) is 11.8. The minimum Gasteiger partial charge on any atom is -0.462 e. The zero-order valence-corrected chi connectivity index (χ0v) is 45.7. The Bertz CT molecular complexity index is 2500. The molecule has 0 aliphatic carbocycles. The highest BCUT2D eigenvalue weighted by Crippen LogP contribution is 2.40. The Balaban J connectivity index is 0.000000281. The fourth-order valence-corrected chi connectivity index (χ4v) is 8.97. The van der Waals surface area contributed by atoms with Crippen molar-refractivity contribution in [3.8, 4) is 11.5 Å². The zero-order chi connectivity index (χ0) is 55.5. The summed E-state index contributed by atoms with van der Waals surface area (Å²) in [5.74, 6) is 0.843. The summed E-state index contributed by atoms with van der Waals surface area (Å²) in [4.78, 5) is 63.4. The molecule has 10 atom stereocenters. The molecule has 2 aliphatic rings. The Morgan fingerprint density at radius 1 is 0.566 bits per heavy atom. The number of nitrogen functional groups attached to an aromatic ring is 1. The molecule has 2 fully saturated rings. The van der Waals surface area contributed by atoms with Gasteiger partial charge in [0.05, 0.1) is 23.8 Å². The third-order valence-electron chi connectivity index (χ3n) is 14.5. The number of nitro groups is 1. The molecule has 4 aromatic carbocycles. The fraction of sp³-hybridized carbons (Fsp3) is 0.517. The third kappa shape index (κ3) is 17.2. The summed E-state index contributed by atoms with van der Waals surface area (Å²) >= 11 is 0. The number of amides is 2. The van der Waals surface area contributed by atoms with Gasteiger partial charge in [0.15, 0.2) is 17.3 Å². The van der Waals surface area contributed by atoms with E-state index in [1.807, 2.05) is 102 Å². The van der Waals surface area contributed by atoms with E-state index < -0.39 is 41.9 Å². The first-order valence-corrected chi connectivity index (χ1v) is 26.2. The highest BCUT2D eigenvalue weighted by Gasteiger charge is 2.44. The molecule has 0 radical (unpaired) electrons. The number of Topliss-reactive ketones (excluding diaryl/α,β-unsaturated/α-hetero) is 2. The van der Waals surface area contributed by atoms with Crippen LogP contribution in [-0.4, -0.2) is 103 Å². The number of carbonyl (C=O) groups is 4. The number of ketones is 2. The molecule has 0 bridgehead atoms. The van der Waals surface area contributed by atoms with E-state index in [1.165, 1.54) is 34.4 Å². The van der Waals surface area contributed by atoms with Gasteiger partial charge in [0, 0.05) is 31.0 Å². The summed E-state index contributed by atoms with van der Waals surface area (Å²) in [6.07, 6.45) is -2.06. The Labute approximate surface area is 447 Å². The number of anilines is 1. The van der Waals surface area contributed by atoms with E-state index in [2.05, 4.69) is 13.8 Å². The number of hydrogen-bond acceptors (Lipinski definition) is 15. The van der Waals surface area contributed by atoms with E-state index in [9.17, 15) is 29.3 Å². The minimum absolute atomic E-state index is 0.00125. The van der Waals surface area contributed by atoms with Crippen molar-refractivity contribution in [3.05, 3.63) is 129 Å². The summed E-state index contributed by atoms with van der Waals surface area (Å²) in [5.41, 5.74) is 9.88. The largest absolute Gasteiger partial charge is 0.462 e. The van der Waals surface area contributed by atoms with Gasteiger partial charge in [0.25, 0.3) is 0 Å². The van der Waals surface area contributed by atoms with E-state index in [-0.39, 0.29) is 85.2 Å². The van der Waals surface area contributed by atoms with E-state index >= 15 is 0 Å². The molecule has 2 amide bonds. The lowest BCUT2D eigenvalue weighted by molar-refractivity contribution is -0.386. The van der Waals surface area contributed by atoms with Crippen molar-refractivity contribution in [2.75, 3.05) is 45.5 Å². The van der Waals surface area contributed by atoms with Gasteiger partial charge in [-0.15, -0.1) is 0 Å². The molecule has 18 heteroatoms. The van der Waals surface area contributed by atoms with E-state index in [1.54, 1.807) is 31.2 Å². The first kappa shape index (κ1) is 60.3. The highest BCUT2D eigenvalue weighted by molar-refractivity contribution is 5.81. The van der Waals surface area contributed by atoms with Crippen molar-refractivity contribution in [1.29, 1.82) is 0 Å². The summed E-state index contributed by atoms with van der Waals surface area (Å²) in [6.45, 7) is 20.8. The molecule has 0 spiro atoms. The Morgan fingerprint density at radius 2 is 0.974 bits per heavy atom. The van der Waals surface area contributed by atoms with Gasteiger partial charge in [0.2, 0.25) is 12.6 Å². The van der Waals surface area contributed by atoms with Crippen LogP contribution < -0.4 is 15.2 Å². The molecular weight excluding hydrogens is 977 g/mol. The van der Waals surface area contributed by atoms with E-state index in [0.29, 0.717) is 43.3 Å². The van der Waals surface area contributed by atoms with Crippen molar-refractivity contribution in [1.82, 2.24) is 9.80 Å². The highest BCUT2D eigenvalue weighted by atomic mass is 16.7. The van der Waals surface area contributed by atoms with E-state index in [4.69, 9.17) is 43.6 Å². The molecule has 2 aliphatic heterocycles. The zero-order valence-electron chi connectivity index (χ0n) is 45.7. The molecule has 2 N–H and O–H groups in total. The Hall–Kier alpha value is -6.60. The minimum atomic E-state index is -0.813. The molecule has 4 aromatic rings. The van der Waals surface area contributed by atoms with Crippen LogP contribution in [0.2, 0.25) is 0 Å². The summed E-state index contributed by atoms with van der Waals surface area (Å²) < 4.78 is 46.1. The monoisotopic (exact) mass is 1050 g/mol. The quantitative estimate of drug-likeness (QED) is 0.0240. The average Bonchev–Trinajstić information content (AvgIpc) is 3.41. The SMILES string of the molecule is CCN(COCCc1ccccc1)C(=O)OCc1ccc(OC2OC(C(C)=O)C(C)[C@H](C)[C@@H]2C)c(N)c1.CCN(COCCc1ccccc1)C(=O)OCc1ccc(OC2OC(C(C)=O)C(C)[C@H](C)[C@@H]2C)c([N+](=O)[O-])c1. The lowest BCUT2D eigenvalue weighted by Gasteiger charge is -2.42. The van der Waals surface area contributed by atoms with Gasteiger partial charge >= 0.3 is 17.9 Å². The van der Waals surface area contributed by atoms with Gasteiger partial charge < -0.3 is 43.6 Å². The summed E-state index contributed by atoms with van der Waals surface area (Å²) in [6, 6.07) is 29.6. The van der Waals surface area contributed by atoms with Gasteiger partial charge in [-0.25, -0.2) is 9.59 Å². The van der Waals surface area contributed by atoms with Crippen LogP contribution in [0.1, 0.15) is 91.5 Å². The second-order valence-corrected chi connectivity index (χ2v) is 19.8. The normalized spacial score (nSPS) is 23.0. The fourth-order valence-electron chi connectivity index (χ4n) is 8.97. The van der Waals surface area contributed by atoms with Crippen LogP contribution in [0.3, 0.4) is 0 Å². The van der Waals surface area contributed by atoms with Crippen molar-refractivity contribution < 1.29 is 62.0 Å². The van der Waals surface area contributed by atoms with Crippen LogP contribution in [0.5, 0.6) is 11.5 Å². The Kier molecular flexibility index (Phi) is 23.5. The van der Waals surface area contributed by atoms with Crippen LogP contribution in [-0.2, 0) is 64.1 Å². The molecule has 6 unspecified atom stereocenters. The molecule has 76 heavy (non-hydrogen) atoms. The van der Waals surface area contributed by atoms with Gasteiger partial charge in [0.1, 0.15) is 44.6 Å². The van der Waals surface area contributed by atoms with Crippen LogP contribution >= 0.6 is 0 Å². The number of nitrogens with zero attached hydrogens (tertiary/aromatic N) is 3. The van der Waals surface area contributed by atoms with Crippen molar-refractivity contribution >= 4 is 35.1 Å². The van der Waals surface area contributed by atoms with Crippen LogP contribution in [0.25, 0.3) is 0 Å². The predicted octanol–water partition coefficient (Wildman–Crippen LogP) is 10.4. The van der Waals surface area contributed by atoms with E-state index in [0.717, 1.165) is 24.0 Å². The molecule has 2 saturated heterocycles. The van der Waals surface area contributed by atoms with Gasteiger partial charge in [-0.05, 0) is 105 Å². The molecule has 0 aromatic heterocycles. The number of nitro benzene ring substituents is 1. The van der Waals surface area contributed by atoms with Gasteiger partial charge in [-0.3, -0.25) is 29.5 Å². The number of ether oxygens (including phenoxy) is 8. The maximum Gasteiger partial charge on any atom is 0.411 e. The van der Waals surface area contributed by atoms with Crippen molar-refractivity contribution in [2.45, 2.75) is 120 Å². The third-order valence-corrected chi connectivity index (χ3v) is 14.5. The first-order chi connectivity index (χ1) is 36.3. The van der Waals surface area contributed by atoms with Crippen molar-refractivity contribution in [2.24, 2.45) is 35.5 Å². The number of benzene rings is 4. The molecule has 18 nitrogen and oxygen atoms in total. The number of rotatable bonds is 23. The second-order valence-electron chi connectivity index (χ2n) is 19.8. The average molecular weight is 1060 g/mol. The molecule has 0 saturated carbocycles. The first-order valence-electron chi connectivity index (χ1n) is 26.2. The van der Waals surface area contributed by atoms with Crippen LogP contribution in [0.4, 0.5) is 21.0 Å². The molecule has 2 heterocycles. The van der Waals surface area contributed by atoms with Crippen LogP contribution in [0, 0.1) is 45.6 Å². The standard InChI is InChI=1S/C29H38N2O8.C29H40N2O6/c1-6-30(18-36-15-14-23-10-8-7-9-11-23)29(33)37-17-24-12-13-26(25(16-24)31(34)35)38-28-21(4)19(2)20(3)27(39-28)22(5)32;1-6-31(18-34-15-14-23-10-8-7-9-11-23)29(33)35-17-24-12-13-26(25(30)16-24)36-28-21(4)19(2)20(3)27(37-28)22(5)32/h7-13,16,19-21,27-28H,6,14-15,17-18H2,1-5H3;7-13,16,19-21,27-28H,6,14-15,17-18,30H2,1-5H3/t2*19-,20?,21-,27?,28?/m00/s1. The molecule has 414 valence electrons. The number of hydrogen-bond donors (Lipinski definition) is 1. The molecule has 6 rings (SSSR count). The Morgan fingerprint density at radius 3 is 1.37 bits per heavy atom. The lowest BCUT2D eigenvalue weighted by atomic mass is 9.78. The maximum absolute atomic E-state index is 12.6. The van der Waals surface area contributed by atoms with Crippen molar-refractivity contribution in [3.63, 3.8) is 0 Å². The molecular formula is C58H78N4O14. The maximum atomic E-state index is 12.6. The van der Waals surface area contributed by atoms with Gasteiger partial charge in [-0.2, -0.15) is 0 Å². The smallest absolute Gasteiger partial charge is 0.411 e. The second kappa shape index (κ2) is 29.6.